The second-order valence-electron chi connectivity index (χ2n) is 3.64. The molecular formula is C11H12FNO3. The maximum atomic E-state index is 12.7. The summed E-state index contributed by atoms with van der Waals surface area (Å²) in [7, 11) is 0. The summed E-state index contributed by atoms with van der Waals surface area (Å²) in [5, 5.41) is 8.86. The van der Waals surface area contributed by atoms with Gasteiger partial charge in [-0.15, -0.1) is 0 Å². The van der Waals surface area contributed by atoms with Gasteiger partial charge in [0.05, 0.1) is 13.2 Å². The molecule has 1 aliphatic heterocycles. The van der Waals surface area contributed by atoms with E-state index in [2.05, 4.69) is 0 Å². The first-order valence-electron chi connectivity index (χ1n) is 5.02. The van der Waals surface area contributed by atoms with Crippen molar-refractivity contribution < 1.29 is 19.0 Å². The summed E-state index contributed by atoms with van der Waals surface area (Å²) in [4.78, 5) is 12.1. The summed E-state index contributed by atoms with van der Waals surface area (Å²) in [6.45, 7) is 1.04. The maximum Gasteiger partial charge on any atom is 0.407 e. The number of carboxylic acid groups (broad SMARTS) is 1. The molecule has 1 aliphatic rings. The molecule has 0 bridgehead atoms. The van der Waals surface area contributed by atoms with Crippen molar-refractivity contribution >= 4 is 6.09 Å². The van der Waals surface area contributed by atoms with Crippen LogP contribution in [0.1, 0.15) is 11.7 Å². The SMILES string of the molecule is O=C(O)N1CCO[C@H](c2ccc(F)cc2)C1. The summed E-state index contributed by atoms with van der Waals surface area (Å²) in [6, 6.07) is 5.92. The summed E-state index contributed by atoms with van der Waals surface area (Å²) >= 11 is 0. The Hall–Kier alpha value is -1.62. The van der Waals surface area contributed by atoms with Crippen LogP contribution in [0.4, 0.5) is 9.18 Å². The summed E-state index contributed by atoms with van der Waals surface area (Å²) < 4.78 is 18.2. The Bertz CT molecular complexity index is 379. The molecule has 1 aromatic rings. The molecule has 0 aliphatic carbocycles. The normalized spacial score (nSPS) is 20.8. The topological polar surface area (TPSA) is 49.8 Å². The van der Waals surface area contributed by atoms with E-state index in [4.69, 9.17) is 9.84 Å². The van der Waals surface area contributed by atoms with Gasteiger partial charge in [-0.2, -0.15) is 0 Å². The highest BCUT2D eigenvalue weighted by atomic mass is 19.1. The van der Waals surface area contributed by atoms with Crippen LogP contribution in [0.15, 0.2) is 24.3 Å². The standard InChI is InChI=1S/C11H12FNO3/c12-9-3-1-8(2-4-9)10-7-13(11(14)15)5-6-16-10/h1-4,10H,5-7H2,(H,14,15)/t10-/m0/s1. The second kappa shape index (κ2) is 4.49. The molecule has 5 heteroatoms. The van der Waals surface area contributed by atoms with Crippen LogP contribution < -0.4 is 0 Å². The number of halogens is 1. The molecule has 0 saturated carbocycles. The monoisotopic (exact) mass is 225 g/mol. The maximum absolute atomic E-state index is 12.7. The van der Waals surface area contributed by atoms with Gasteiger partial charge in [0.25, 0.3) is 0 Å². The molecule has 86 valence electrons. The largest absolute Gasteiger partial charge is 0.465 e. The fraction of sp³-hybridized carbons (Fsp3) is 0.364. The van der Waals surface area contributed by atoms with Gasteiger partial charge in [-0.3, -0.25) is 0 Å². The first-order valence-corrected chi connectivity index (χ1v) is 5.02. The highest BCUT2D eigenvalue weighted by Gasteiger charge is 2.24. The van der Waals surface area contributed by atoms with E-state index in [0.717, 1.165) is 5.56 Å². The second-order valence-corrected chi connectivity index (χ2v) is 3.64. The summed E-state index contributed by atoms with van der Waals surface area (Å²) in [5.41, 5.74) is 0.798. The molecule has 1 fully saturated rings. The predicted molar refractivity (Wildman–Crippen MR) is 54.7 cm³/mol. The van der Waals surface area contributed by atoms with Crippen LogP contribution >= 0.6 is 0 Å². The van der Waals surface area contributed by atoms with Crippen molar-refractivity contribution in [2.75, 3.05) is 19.7 Å². The number of hydrogen-bond donors (Lipinski definition) is 1. The van der Waals surface area contributed by atoms with E-state index in [-0.39, 0.29) is 11.9 Å². The third-order valence-electron chi connectivity index (χ3n) is 2.58. The van der Waals surface area contributed by atoms with Crippen molar-refractivity contribution in [2.24, 2.45) is 0 Å². The molecule has 0 spiro atoms. The zero-order chi connectivity index (χ0) is 11.5. The van der Waals surface area contributed by atoms with Crippen LogP contribution in [0.3, 0.4) is 0 Å². The number of hydrogen-bond acceptors (Lipinski definition) is 2. The van der Waals surface area contributed by atoms with Gasteiger partial charge in [-0.05, 0) is 17.7 Å². The third kappa shape index (κ3) is 2.30. The van der Waals surface area contributed by atoms with Crippen LogP contribution in [0.25, 0.3) is 0 Å². The van der Waals surface area contributed by atoms with E-state index >= 15 is 0 Å². The van der Waals surface area contributed by atoms with Crippen LogP contribution in [0, 0.1) is 5.82 Å². The molecule has 1 heterocycles. The lowest BCUT2D eigenvalue weighted by atomic mass is 10.1. The van der Waals surface area contributed by atoms with Crippen molar-refractivity contribution in [3.63, 3.8) is 0 Å². The predicted octanol–water partition coefficient (Wildman–Crippen LogP) is 1.88. The lowest BCUT2D eigenvalue weighted by Gasteiger charge is -2.31. The smallest absolute Gasteiger partial charge is 0.407 e. The van der Waals surface area contributed by atoms with E-state index < -0.39 is 6.09 Å². The number of ether oxygens (including phenoxy) is 1. The van der Waals surface area contributed by atoms with Crippen LogP contribution in [-0.2, 0) is 4.74 Å². The quantitative estimate of drug-likeness (QED) is 0.793. The average Bonchev–Trinajstić information content (AvgIpc) is 2.30. The van der Waals surface area contributed by atoms with Crippen LogP contribution in [-0.4, -0.2) is 35.8 Å². The molecule has 1 N–H and O–H groups in total. The molecule has 1 amide bonds. The van der Waals surface area contributed by atoms with Crippen LogP contribution in [0.2, 0.25) is 0 Å². The number of morpholine rings is 1. The van der Waals surface area contributed by atoms with Gasteiger partial charge in [-0.25, -0.2) is 9.18 Å². The van der Waals surface area contributed by atoms with Gasteiger partial charge in [0, 0.05) is 6.54 Å². The summed E-state index contributed by atoms with van der Waals surface area (Å²) in [5.74, 6) is -0.311. The van der Waals surface area contributed by atoms with E-state index in [0.29, 0.717) is 19.7 Å². The first kappa shape index (κ1) is 10.9. The number of benzene rings is 1. The van der Waals surface area contributed by atoms with Crippen molar-refractivity contribution in [3.05, 3.63) is 35.6 Å². The molecule has 0 radical (unpaired) electrons. The fourth-order valence-corrected chi connectivity index (χ4v) is 1.70. The number of amides is 1. The highest BCUT2D eigenvalue weighted by Crippen LogP contribution is 2.22. The molecule has 4 nitrogen and oxygen atoms in total. The highest BCUT2D eigenvalue weighted by molar-refractivity contribution is 5.65. The average molecular weight is 225 g/mol. The molecule has 16 heavy (non-hydrogen) atoms. The lowest BCUT2D eigenvalue weighted by Crippen LogP contribution is -2.41. The van der Waals surface area contributed by atoms with Crippen molar-refractivity contribution in [3.8, 4) is 0 Å². The van der Waals surface area contributed by atoms with Gasteiger partial charge in [-0.1, -0.05) is 12.1 Å². The number of rotatable bonds is 1. The molecule has 1 atom stereocenters. The fourth-order valence-electron chi connectivity index (χ4n) is 1.70. The molecule has 1 aromatic carbocycles. The van der Waals surface area contributed by atoms with Gasteiger partial charge in [0.1, 0.15) is 11.9 Å². The van der Waals surface area contributed by atoms with E-state index in [1.165, 1.54) is 17.0 Å². The summed E-state index contributed by atoms with van der Waals surface area (Å²) in [6.07, 6.45) is -1.25. The minimum atomic E-state index is -0.949. The first-order chi connectivity index (χ1) is 7.66. The third-order valence-corrected chi connectivity index (χ3v) is 2.58. The van der Waals surface area contributed by atoms with E-state index in [1.807, 2.05) is 0 Å². The molecule has 0 aromatic heterocycles. The Kier molecular flexibility index (Phi) is 3.05. The minimum absolute atomic E-state index is 0.293. The minimum Gasteiger partial charge on any atom is -0.465 e. The Morgan fingerprint density at radius 3 is 2.75 bits per heavy atom. The Morgan fingerprint density at radius 2 is 2.12 bits per heavy atom. The van der Waals surface area contributed by atoms with E-state index in [9.17, 15) is 9.18 Å². The Morgan fingerprint density at radius 1 is 1.44 bits per heavy atom. The van der Waals surface area contributed by atoms with Gasteiger partial charge >= 0.3 is 6.09 Å². The van der Waals surface area contributed by atoms with E-state index in [1.54, 1.807) is 12.1 Å². The van der Waals surface area contributed by atoms with Crippen molar-refractivity contribution in [1.82, 2.24) is 4.90 Å². The molecular weight excluding hydrogens is 213 g/mol. The zero-order valence-corrected chi connectivity index (χ0v) is 8.60. The molecule has 1 saturated heterocycles. The van der Waals surface area contributed by atoms with Gasteiger partial charge in [0.15, 0.2) is 0 Å². The van der Waals surface area contributed by atoms with Crippen LogP contribution in [0.5, 0.6) is 0 Å². The van der Waals surface area contributed by atoms with Crippen molar-refractivity contribution in [1.29, 1.82) is 0 Å². The molecule has 2 rings (SSSR count). The lowest BCUT2D eigenvalue weighted by molar-refractivity contribution is -0.0232. The number of carbonyl (C=O) groups is 1. The zero-order valence-electron chi connectivity index (χ0n) is 8.60. The Labute approximate surface area is 92.2 Å². The number of nitrogens with zero attached hydrogens (tertiary/aromatic N) is 1. The molecule has 0 unspecified atom stereocenters. The van der Waals surface area contributed by atoms with Gasteiger partial charge < -0.3 is 14.7 Å². The van der Waals surface area contributed by atoms with Crippen molar-refractivity contribution in [2.45, 2.75) is 6.10 Å². The Balaban J connectivity index is 2.09. The van der Waals surface area contributed by atoms with Gasteiger partial charge in [0.2, 0.25) is 0 Å².